The minimum Gasteiger partial charge on any atom is -0.394 e. The van der Waals surface area contributed by atoms with Gasteiger partial charge in [0, 0.05) is 18.1 Å². The zero-order valence-corrected chi connectivity index (χ0v) is 15.6. The first kappa shape index (κ1) is 20.0. The van der Waals surface area contributed by atoms with Gasteiger partial charge < -0.3 is 20.5 Å². The van der Waals surface area contributed by atoms with Crippen LogP contribution < -0.4 is 10.6 Å². The van der Waals surface area contributed by atoms with E-state index in [-0.39, 0.29) is 43.4 Å². The fraction of sp³-hybridized carbons (Fsp3) is 0.381. The van der Waals surface area contributed by atoms with E-state index >= 15 is 0 Å². The van der Waals surface area contributed by atoms with E-state index in [1.165, 1.54) is 0 Å². The standard InChI is InChI=1S/C21H25N3O4/c25-14-19-18(24-20(26)11-15-5-4-10-22-13-15)9-8-17(28-19)12-21(27)23-16-6-2-1-3-7-16/h1-7,10,13,17-19,25H,8-9,11-12,14H2,(H,23,27)(H,24,26)/t17-,18-,19+/m0/s1. The number of para-hydroxylation sites is 1. The van der Waals surface area contributed by atoms with Crippen molar-refractivity contribution in [3.63, 3.8) is 0 Å². The summed E-state index contributed by atoms with van der Waals surface area (Å²) in [6.45, 7) is -0.214. The van der Waals surface area contributed by atoms with Crippen molar-refractivity contribution in [2.24, 2.45) is 0 Å². The van der Waals surface area contributed by atoms with Crippen molar-refractivity contribution in [1.82, 2.24) is 10.3 Å². The van der Waals surface area contributed by atoms with Crippen LogP contribution in [0.5, 0.6) is 0 Å². The lowest BCUT2D eigenvalue weighted by molar-refractivity contribution is -0.133. The summed E-state index contributed by atoms with van der Waals surface area (Å²) in [6.07, 6.45) is 4.22. The number of ether oxygens (including phenoxy) is 1. The Bertz CT molecular complexity index is 770. The highest BCUT2D eigenvalue weighted by Crippen LogP contribution is 2.22. The Kier molecular flexibility index (Phi) is 7.11. The fourth-order valence-electron chi connectivity index (χ4n) is 3.33. The first-order chi connectivity index (χ1) is 13.6. The second-order valence-corrected chi connectivity index (χ2v) is 6.89. The fourth-order valence-corrected chi connectivity index (χ4v) is 3.33. The van der Waals surface area contributed by atoms with Crippen LogP contribution in [-0.4, -0.2) is 46.8 Å². The van der Waals surface area contributed by atoms with E-state index in [1.54, 1.807) is 18.5 Å². The van der Waals surface area contributed by atoms with E-state index in [0.717, 1.165) is 11.3 Å². The molecule has 1 fully saturated rings. The van der Waals surface area contributed by atoms with Crippen LogP contribution in [0.25, 0.3) is 0 Å². The number of benzene rings is 1. The molecule has 3 atom stereocenters. The molecule has 2 heterocycles. The Labute approximate surface area is 164 Å². The first-order valence-corrected chi connectivity index (χ1v) is 9.43. The lowest BCUT2D eigenvalue weighted by atomic mass is 9.96. The molecular weight excluding hydrogens is 358 g/mol. The number of nitrogens with zero attached hydrogens (tertiary/aromatic N) is 1. The molecule has 1 aliphatic heterocycles. The Balaban J connectivity index is 1.47. The number of aliphatic hydroxyl groups excluding tert-OH is 1. The maximum atomic E-state index is 12.3. The van der Waals surface area contributed by atoms with Gasteiger partial charge in [-0.05, 0) is 36.6 Å². The molecule has 1 aliphatic rings. The van der Waals surface area contributed by atoms with Crippen LogP contribution in [0.3, 0.4) is 0 Å². The summed E-state index contributed by atoms with van der Waals surface area (Å²) in [5.74, 6) is -0.271. The van der Waals surface area contributed by atoms with Gasteiger partial charge in [-0.2, -0.15) is 0 Å². The number of amides is 2. The van der Waals surface area contributed by atoms with Gasteiger partial charge in [0.25, 0.3) is 0 Å². The van der Waals surface area contributed by atoms with Crippen LogP contribution in [0.1, 0.15) is 24.8 Å². The van der Waals surface area contributed by atoms with E-state index in [9.17, 15) is 14.7 Å². The van der Waals surface area contributed by atoms with Gasteiger partial charge in [0.1, 0.15) is 6.10 Å². The highest BCUT2D eigenvalue weighted by molar-refractivity contribution is 5.91. The van der Waals surface area contributed by atoms with E-state index < -0.39 is 6.10 Å². The number of anilines is 1. The van der Waals surface area contributed by atoms with Gasteiger partial charge in [0.2, 0.25) is 11.8 Å². The van der Waals surface area contributed by atoms with E-state index in [0.29, 0.717) is 12.8 Å². The largest absolute Gasteiger partial charge is 0.394 e. The summed E-state index contributed by atoms with van der Waals surface area (Å²) < 4.78 is 5.87. The highest BCUT2D eigenvalue weighted by atomic mass is 16.5. The Hall–Kier alpha value is -2.77. The number of nitrogens with one attached hydrogen (secondary N) is 2. The molecule has 3 N–H and O–H groups in total. The van der Waals surface area contributed by atoms with Crippen LogP contribution in [0.15, 0.2) is 54.9 Å². The van der Waals surface area contributed by atoms with Crippen LogP contribution in [0.4, 0.5) is 5.69 Å². The Morgan fingerprint density at radius 2 is 1.93 bits per heavy atom. The van der Waals surface area contributed by atoms with Crippen LogP contribution in [-0.2, 0) is 20.7 Å². The summed E-state index contributed by atoms with van der Waals surface area (Å²) in [5.41, 5.74) is 1.57. The molecule has 0 spiro atoms. The van der Waals surface area contributed by atoms with Gasteiger partial charge in [-0.25, -0.2) is 0 Å². The van der Waals surface area contributed by atoms with Crippen molar-refractivity contribution < 1.29 is 19.4 Å². The zero-order valence-electron chi connectivity index (χ0n) is 15.6. The zero-order chi connectivity index (χ0) is 19.8. The number of aliphatic hydroxyl groups is 1. The molecule has 2 aromatic rings. The predicted octanol–water partition coefficient (Wildman–Crippen LogP) is 1.68. The molecule has 1 saturated heterocycles. The smallest absolute Gasteiger partial charge is 0.226 e. The summed E-state index contributed by atoms with van der Waals surface area (Å²) in [4.78, 5) is 28.5. The summed E-state index contributed by atoms with van der Waals surface area (Å²) in [7, 11) is 0. The minimum atomic E-state index is -0.527. The summed E-state index contributed by atoms with van der Waals surface area (Å²) in [5, 5.41) is 15.4. The van der Waals surface area contributed by atoms with Crippen LogP contribution >= 0.6 is 0 Å². The summed E-state index contributed by atoms with van der Waals surface area (Å²) >= 11 is 0. The molecule has 148 valence electrons. The Morgan fingerprint density at radius 3 is 2.64 bits per heavy atom. The number of pyridine rings is 1. The third-order valence-electron chi connectivity index (χ3n) is 4.70. The van der Waals surface area contributed by atoms with Gasteiger partial charge in [-0.3, -0.25) is 14.6 Å². The van der Waals surface area contributed by atoms with E-state index in [2.05, 4.69) is 15.6 Å². The van der Waals surface area contributed by atoms with E-state index in [4.69, 9.17) is 4.74 Å². The Morgan fingerprint density at radius 1 is 1.11 bits per heavy atom. The lowest BCUT2D eigenvalue weighted by Gasteiger charge is -2.36. The molecule has 7 nitrogen and oxygen atoms in total. The number of aromatic nitrogens is 1. The molecule has 0 aliphatic carbocycles. The molecular formula is C21H25N3O4. The summed E-state index contributed by atoms with van der Waals surface area (Å²) in [6, 6.07) is 12.6. The van der Waals surface area contributed by atoms with Gasteiger partial charge >= 0.3 is 0 Å². The maximum Gasteiger partial charge on any atom is 0.226 e. The number of carbonyl (C=O) groups excluding carboxylic acids is 2. The lowest BCUT2D eigenvalue weighted by Crippen LogP contribution is -2.51. The molecule has 7 heteroatoms. The average molecular weight is 383 g/mol. The van der Waals surface area contributed by atoms with Crippen molar-refractivity contribution in [2.45, 2.75) is 43.9 Å². The average Bonchev–Trinajstić information content (AvgIpc) is 2.70. The van der Waals surface area contributed by atoms with Gasteiger partial charge in [0.15, 0.2) is 0 Å². The van der Waals surface area contributed by atoms with Crippen molar-refractivity contribution in [3.8, 4) is 0 Å². The number of rotatable bonds is 7. The third kappa shape index (κ3) is 5.87. The molecule has 1 aromatic carbocycles. The minimum absolute atomic E-state index is 0.132. The van der Waals surface area contributed by atoms with Gasteiger partial charge in [0.05, 0.1) is 31.6 Å². The third-order valence-corrected chi connectivity index (χ3v) is 4.70. The molecule has 1 aromatic heterocycles. The molecule has 2 amide bonds. The maximum absolute atomic E-state index is 12.3. The quantitative estimate of drug-likeness (QED) is 0.675. The highest BCUT2D eigenvalue weighted by Gasteiger charge is 2.32. The first-order valence-electron chi connectivity index (χ1n) is 9.43. The van der Waals surface area contributed by atoms with E-state index in [1.807, 2.05) is 36.4 Å². The topological polar surface area (TPSA) is 101 Å². The number of hydrogen-bond donors (Lipinski definition) is 3. The van der Waals surface area contributed by atoms with Gasteiger partial charge in [-0.1, -0.05) is 24.3 Å². The van der Waals surface area contributed by atoms with Crippen molar-refractivity contribution in [3.05, 3.63) is 60.4 Å². The number of carbonyl (C=O) groups is 2. The molecule has 0 unspecified atom stereocenters. The molecule has 3 rings (SSSR count). The SMILES string of the molecule is O=C(C[C@@H]1CC[C@H](NC(=O)Cc2cccnc2)[C@@H](CO)O1)Nc1ccccc1. The monoisotopic (exact) mass is 383 g/mol. The van der Waals surface area contributed by atoms with Crippen molar-refractivity contribution >= 4 is 17.5 Å². The van der Waals surface area contributed by atoms with Gasteiger partial charge in [-0.15, -0.1) is 0 Å². The predicted molar refractivity (Wildman–Crippen MR) is 105 cm³/mol. The molecule has 0 radical (unpaired) electrons. The second kappa shape index (κ2) is 9.96. The van der Waals surface area contributed by atoms with Crippen molar-refractivity contribution in [1.29, 1.82) is 0 Å². The normalized spacial score (nSPS) is 21.7. The second-order valence-electron chi connectivity index (χ2n) is 6.89. The molecule has 28 heavy (non-hydrogen) atoms. The number of hydrogen-bond acceptors (Lipinski definition) is 5. The molecule has 0 bridgehead atoms. The van der Waals surface area contributed by atoms with Crippen molar-refractivity contribution in [2.75, 3.05) is 11.9 Å². The van der Waals surface area contributed by atoms with Crippen LogP contribution in [0, 0.1) is 0 Å². The van der Waals surface area contributed by atoms with Crippen LogP contribution in [0.2, 0.25) is 0 Å². The molecule has 0 saturated carbocycles.